The van der Waals surface area contributed by atoms with Crippen molar-refractivity contribution in [3.63, 3.8) is 0 Å². The molecule has 1 aliphatic carbocycles. The van der Waals surface area contributed by atoms with Crippen LogP contribution in [-0.4, -0.2) is 17.3 Å². The van der Waals surface area contributed by atoms with Gasteiger partial charge in [-0.1, -0.05) is 12.1 Å². The van der Waals surface area contributed by atoms with Gasteiger partial charge in [-0.15, -0.1) is 0 Å². The molecule has 1 aromatic carbocycles. The smallest absolute Gasteiger partial charge is 0.125 e. The van der Waals surface area contributed by atoms with Crippen LogP contribution in [0.4, 0.5) is 0 Å². The zero-order valence-electron chi connectivity index (χ0n) is 8.77. The van der Waals surface area contributed by atoms with Crippen molar-refractivity contribution in [2.75, 3.05) is 7.11 Å². The normalized spacial score (nSPS) is 24.4. The third-order valence-electron chi connectivity index (χ3n) is 2.76. The van der Waals surface area contributed by atoms with Crippen molar-refractivity contribution in [2.24, 2.45) is 0 Å². The second kappa shape index (κ2) is 3.68. The summed E-state index contributed by atoms with van der Waals surface area (Å²) in [7, 11) is 1.56. The van der Waals surface area contributed by atoms with E-state index in [1.807, 2.05) is 12.1 Å². The molecule has 3 nitrogen and oxygen atoms in total. The van der Waals surface area contributed by atoms with Gasteiger partial charge < -0.3 is 14.9 Å². The van der Waals surface area contributed by atoms with Gasteiger partial charge in [-0.05, 0) is 30.2 Å². The summed E-state index contributed by atoms with van der Waals surface area (Å²) in [4.78, 5) is 0. The molecule has 15 heavy (non-hydrogen) atoms. The summed E-state index contributed by atoms with van der Waals surface area (Å²) in [6.45, 7) is 1.80. The maximum Gasteiger partial charge on any atom is 0.125 e. The minimum atomic E-state index is -0.695. The van der Waals surface area contributed by atoms with Gasteiger partial charge in [-0.2, -0.15) is 0 Å². The number of methoxy groups -OCH3 is 1. The van der Waals surface area contributed by atoms with Crippen LogP contribution in [0.1, 0.15) is 30.3 Å². The predicted molar refractivity (Wildman–Crippen MR) is 56.7 cm³/mol. The molecule has 0 saturated carbocycles. The van der Waals surface area contributed by atoms with Crippen LogP contribution in [0.2, 0.25) is 0 Å². The first-order valence-electron chi connectivity index (χ1n) is 4.86. The Labute approximate surface area is 88.6 Å². The van der Waals surface area contributed by atoms with Gasteiger partial charge in [0, 0.05) is 5.56 Å². The molecule has 0 heterocycles. The van der Waals surface area contributed by atoms with E-state index in [9.17, 15) is 10.2 Å². The Hall–Kier alpha value is -1.32. The molecule has 1 aliphatic rings. The topological polar surface area (TPSA) is 49.7 Å². The van der Waals surface area contributed by atoms with Crippen LogP contribution in [0.25, 0.3) is 0 Å². The van der Waals surface area contributed by atoms with E-state index in [1.54, 1.807) is 26.2 Å². The molecule has 0 saturated heterocycles. The summed E-state index contributed by atoms with van der Waals surface area (Å²) in [6, 6.07) is 5.40. The van der Waals surface area contributed by atoms with Crippen molar-refractivity contribution in [2.45, 2.75) is 19.1 Å². The van der Waals surface area contributed by atoms with E-state index in [4.69, 9.17) is 4.74 Å². The highest BCUT2D eigenvalue weighted by Gasteiger charge is 2.26. The molecule has 0 fully saturated rings. The molecule has 0 bridgehead atoms. The van der Waals surface area contributed by atoms with E-state index in [0.29, 0.717) is 11.3 Å². The zero-order valence-corrected chi connectivity index (χ0v) is 8.77. The maximum absolute atomic E-state index is 9.93. The first-order chi connectivity index (χ1) is 7.15. The molecule has 0 spiro atoms. The van der Waals surface area contributed by atoms with E-state index in [2.05, 4.69) is 0 Å². The van der Waals surface area contributed by atoms with E-state index >= 15 is 0 Å². The third kappa shape index (κ3) is 1.54. The molecule has 0 amide bonds. The number of benzene rings is 1. The number of aliphatic hydroxyl groups excluding tert-OH is 2. The largest absolute Gasteiger partial charge is 0.496 e. The third-order valence-corrected chi connectivity index (χ3v) is 2.76. The molecule has 0 radical (unpaired) electrons. The minimum absolute atomic E-state index is 0.614. The Morgan fingerprint density at radius 2 is 2.00 bits per heavy atom. The number of hydrogen-bond donors (Lipinski definition) is 2. The van der Waals surface area contributed by atoms with Gasteiger partial charge in [0.2, 0.25) is 0 Å². The van der Waals surface area contributed by atoms with Gasteiger partial charge >= 0.3 is 0 Å². The summed E-state index contributed by atoms with van der Waals surface area (Å²) < 4.78 is 5.17. The van der Waals surface area contributed by atoms with Crippen LogP contribution >= 0.6 is 0 Å². The van der Waals surface area contributed by atoms with Crippen LogP contribution in [-0.2, 0) is 0 Å². The fourth-order valence-electron chi connectivity index (χ4n) is 1.96. The molecule has 2 atom stereocenters. The van der Waals surface area contributed by atoms with Crippen LogP contribution in [0.5, 0.6) is 5.75 Å². The molecule has 2 rings (SSSR count). The quantitative estimate of drug-likeness (QED) is 0.688. The SMILES string of the molecule is COc1cccc2c1C(O)C=C(C)C2O. The second-order valence-electron chi connectivity index (χ2n) is 3.72. The highest BCUT2D eigenvalue weighted by molar-refractivity contribution is 5.49. The highest BCUT2D eigenvalue weighted by Crippen LogP contribution is 2.40. The van der Waals surface area contributed by atoms with E-state index in [0.717, 1.165) is 11.1 Å². The van der Waals surface area contributed by atoms with Gasteiger partial charge in [0.15, 0.2) is 0 Å². The lowest BCUT2D eigenvalue weighted by molar-refractivity contribution is 0.175. The Morgan fingerprint density at radius 3 is 2.67 bits per heavy atom. The number of fused-ring (bicyclic) bond motifs is 1. The molecule has 0 aliphatic heterocycles. The van der Waals surface area contributed by atoms with E-state index in [1.165, 1.54) is 0 Å². The molecule has 2 N–H and O–H groups in total. The fourth-order valence-corrected chi connectivity index (χ4v) is 1.96. The van der Waals surface area contributed by atoms with Crippen molar-refractivity contribution >= 4 is 0 Å². The average molecular weight is 206 g/mol. The molecule has 2 unspecified atom stereocenters. The van der Waals surface area contributed by atoms with Crippen molar-refractivity contribution in [1.29, 1.82) is 0 Å². The standard InChI is InChI=1S/C12H14O3/c1-7-6-9(13)11-8(12(7)14)4-3-5-10(11)15-2/h3-6,9,12-14H,1-2H3. The first-order valence-corrected chi connectivity index (χ1v) is 4.86. The average Bonchev–Trinajstić information content (AvgIpc) is 2.25. The Kier molecular flexibility index (Phi) is 2.50. The number of aliphatic hydroxyl groups is 2. The maximum atomic E-state index is 9.93. The summed E-state index contributed by atoms with van der Waals surface area (Å²) >= 11 is 0. The number of hydrogen-bond acceptors (Lipinski definition) is 3. The van der Waals surface area contributed by atoms with E-state index < -0.39 is 12.2 Å². The lowest BCUT2D eigenvalue weighted by Gasteiger charge is -2.25. The summed E-state index contributed by atoms with van der Waals surface area (Å²) in [5.41, 5.74) is 2.16. The van der Waals surface area contributed by atoms with Gasteiger partial charge in [0.1, 0.15) is 18.0 Å². The molecular formula is C12H14O3. The Balaban J connectivity index is 2.60. The van der Waals surface area contributed by atoms with Crippen molar-refractivity contribution < 1.29 is 14.9 Å². The molecule has 3 heteroatoms. The lowest BCUT2D eigenvalue weighted by Crippen LogP contribution is -2.13. The molecule has 80 valence electrons. The summed E-state index contributed by atoms with van der Waals surface area (Å²) in [5.74, 6) is 0.614. The van der Waals surface area contributed by atoms with Crippen molar-refractivity contribution in [3.8, 4) is 5.75 Å². The molecular weight excluding hydrogens is 192 g/mol. The first kappa shape index (κ1) is 10.2. The van der Waals surface area contributed by atoms with Crippen molar-refractivity contribution in [3.05, 3.63) is 41.0 Å². The monoisotopic (exact) mass is 206 g/mol. The number of ether oxygens (including phenoxy) is 1. The van der Waals surface area contributed by atoms with Gasteiger partial charge in [0.25, 0.3) is 0 Å². The Bertz CT molecular complexity index is 409. The zero-order chi connectivity index (χ0) is 11.0. The summed E-state index contributed by atoms with van der Waals surface area (Å²) in [5, 5.41) is 19.8. The predicted octanol–water partition coefficient (Wildman–Crippen LogP) is 1.72. The van der Waals surface area contributed by atoms with E-state index in [-0.39, 0.29) is 0 Å². The van der Waals surface area contributed by atoms with Crippen LogP contribution in [0.15, 0.2) is 29.8 Å². The molecule has 0 aromatic heterocycles. The number of rotatable bonds is 1. The second-order valence-corrected chi connectivity index (χ2v) is 3.72. The lowest BCUT2D eigenvalue weighted by atomic mass is 9.87. The van der Waals surface area contributed by atoms with Gasteiger partial charge in [0.05, 0.1) is 7.11 Å². The fraction of sp³-hybridized carbons (Fsp3) is 0.333. The highest BCUT2D eigenvalue weighted by atomic mass is 16.5. The van der Waals surface area contributed by atoms with Gasteiger partial charge in [-0.25, -0.2) is 0 Å². The van der Waals surface area contributed by atoms with Crippen LogP contribution in [0.3, 0.4) is 0 Å². The van der Waals surface area contributed by atoms with Gasteiger partial charge in [-0.3, -0.25) is 0 Å². The van der Waals surface area contributed by atoms with Crippen molar-refractivity contribution in [1.82, 2.24) is 0 Å². The summed E-state index contributed by atoms with van der Waals surface area (Å²) in [6.07, 6.45) is 0.313. The molecule has 1 aromatic rings. The van der Waals surface area contributed by atoms with Crippen LogP contribution < -0.4 is 4.74 Å². The van der Waals surface area contributed by atoms with Crippen LogP contribution in [0, 0.1) is 0 Å². The minimum Gasteiger partial charge on any atom is -0.496 e. The Morgan fingerprint density at radius 1 is 1.27 bits per heavy atom.